The molecule has 1 aromatic heterocycles. The number of halogens is 4. The molecule has 11 heteroatoms. The minimum atomic E-state index is -4.61. The third-order valence-electron chi connectivity index (χ3n) is 3.78. The largest absolute Gasteiger partial charge is 0.418 e. The Hall–Kier alpha value is -3.76. The van der Waals surface area contributed by atoms with Crippen LogP contribution in [0, 0.1) is 5.82 Å². The predicted molar refractivity (Wildman–Crippen MR) is 92.1 cm³/mol. The quantitative estimate of drug-likeness (QED) is 0.514. The average molecular weight is 407 g/mol. The molecule has 0 spiro atoms. The molecule has 2 amide bonds. The number of alkyl halides is 3. The number of carbonyl (C=O) groups is 2. The standard InChI is InChI=1S/C18H13F4N5O2/c19-12-7-5-11(6-8-12)9-16(28)24-25-17(29)14-10-27(26-23-14)15-4-2-1-3-13(15)18(20,21)22/h1-8,10H,9H2,(H,24,28)(H,25,29). The van der Waals surface area contributed by atoms with Crippen LogP contribution in [0.2, 0.25) is 0 Å². The second-order valence-electron chi connectivity index (χ2n) is 5.87. The van der Waals surface area contributed by atoms with Gasteiger partial charge in [-0.05, 0) is 29.8 Å². The molecule has 1 heterocycles. The molecule has 7 nitrogen and oxygen atoms in total. The fourth-order valence-corrected chi connectivity index (χ4v) is 2.42. The van der Waals surface area contributed by atoms with Gasteiger partial charge in [0.05, 0.1) is 23.9 Å². The maximum Gasteiger partial charge on any atom is 0.418 e. The number of benzene rings is 2. The maximum absolute atomic E-state index is 13.1. The van der Waals surface area contributed by atoms with Gasteiger partial charge in [-0.15, -0.1) is 5.10 Å². The van der Waals surface area contributed by atoms with Crippen molar-refractivity contribution in [3.8, 4) is 5.69 Å². The molecule has 0 aliphatic carbocycles. The molecule has 3 aromatic rings. The molecule has 0 saturated carbocycles. The van der Waals surface area contributed by atoms with Crippen molar-refractivity contribution in [2.24, 2.45) is 0 Å². The Bertz CT molecular complexity index is 1030. The van der Waals surface area contributed by atoms with Crippen molar-refractivity contribution in [1.29, 1.82) is 0 Å². The summed E-state index contributed by atoms with van der Waals surface area (Å²) in [6.07, 6.45) is -3.72. The van der Waals surface area contributed by atoms with Crippen LogP contribution in [0.1, 0.15) is 21.6 Å². The third-order valence-corrected chi connectivity index (χ3v) is 3.78. The molecule has 2 N–H and O–H groups in total. The number of amides is 2. The van der Waals surface area contributed by atoms with E-state index in [-0.39, 0.29) is 17.8 Å². The van der Waals surface area contributed by atoms with Gasteiger partial charge in [-0.2, -0.15) is 13.2 Å². The van der Waals surface area contributed by atoms with Gasteiger partial charge < -0.3 is 0 Å². The number of hydrogen-bond acceptors (Lipinski definition) is 4. The lowest BCUT2D eigenvalue weighted by molar-refractivity contribution is -0.137. The number of hydrogen-bond donors (Lipinski definition) is 2. The highest BCUT2D eigenvalue weighted by Crippen LogP contribution is 2.33. The van der Waals surface area contributed by atoms with Gasteiger partial charge in [0.15, 0.2) is 5.69 Å². The van der Waals surface area contributed by atoms with E-state index < -0.39 is 29.4 Å². The second kappa shape index (κ2) is 8.09. The molecule has 150 valence electrons. The van der Waals surface area contributed by atoms with Crippen LogP contribution in [0.15, 0.2) is 54.7 Å². The van der Waals surface area contributed by atoms with Gasteiger partial charge in [0, 0.05) is 0 Å². The van der Waals surface area contributed by atoms with Gasteiger partial charge in [-0.1, -0.05) is 29.5 Å². The van der Waals surface area contributed by atoms with Gasteiger partial charge in [-0.25, -0.2) is 9.07 Å². The van der Waals surface area contributed by atoms with Crippen LogP contribution in [-0.2, 0) is 17.4 Å². The summed E-state index contributed by atoms with van der Waals surface area (Å²) in [5.74, 6) is -1.90. The number of nitrogens with zero attached hydrogens (tertiary/aromatic N) is 3. The first-order valence-electron chi connectivity index (χ1n) is 8.16. The third kappa shape index (κ3) is 4.94. The first-order chi connectivity index (χ1) is 13.7. The summed E-state index contributed by atoms with van der Waals surface area (Å²) in [6.45, 7) is 0. The fourth-order valence-electron chi connectivity index (χ4n) is 2.42. The Morgan fingerprint density at radius 2 is 1.69 bits per heavy atom. The van der Waals surface area contributed by atoms with E-state index in [9.17, 15) is 27.2 Å². The van der Waals surface area contributed by atoms with Crippen LogP contribution >= 0.6 is 0 Å². The molecule has 0 saturated heterocycles. The highest BCUT2D eigenvalue weighted by molar-refractivity contribution is 5.93. The Balaban J connectivity index is 1.64. The molecule has 0 aliphatic heterocycles. The predicted octanol–water partition coefficient (Wildman–Crippen LogP) is 2.43. The van der Waals surface area contributed by atoms with E-state index in [0.717, 1.165) is 16.9 Å². The van der Waals surface area contributed by atoms with Crippen molar-refractivity contribution < 1.29 is 27.2 Å². The Kier molecular flexibility index (Phi) is 5.57. The van der Waals surface area contributed by atoms with E-state index in [0.29, 0.717) is 5.56 Å². The monoisotopic (exact) mass is 407 g/mol. The molecule has 0 bridgehead atoms. The summed E-state index contributed by atoms with van der Waals surface area (Å²) in [5, 5.41) is 7.07. The van der Waals surface area contributed by atoms with Crippen molar-refractivity contribution in [2.75, 3.05) is 0 Å². The van der Waals surface area contributed by atoms with E-state index in [4.69, 9.17) is 0 Å². The lowest BCUT2D eigenvalue weighted by Crippen LogP contribution is -2.42. The Morgan fingerprint density at radius 3 is 2.38 bits per heavy atom. The SMILES string of the molecule is O=C(Cc1ccc(F)cc1)NNC(=O)c1cn(-c2ccccc2C(F)(F)F)nn1. The van der Waals surface area contributed by atoms with Gasteiger partial charge in [-0.3, -0.25) is 20.4 Å². The Labute approximate surface area is 161 Å². The van der Waals surface area contributed by atoms with Crippen molar-refractivity contribution in [3.63, 3.8) is 0 Å². The van der Waals surface area contributed by atoms with E-state index >= 15 is 0 Å². The van der Waals surface area contributed by atoms with Crippen LogP contribution in [0.4, 0.5) is 17.6 Å². The summed E-state index contributed by atoms with van der Waals surface area (Å²) in [5.41, 5.74) is 3.21. The number of nitrogens with one attached hydrogen (secondary N) is 2. The van der Waals surface area contributed by atoms with Crippen LogP contribution in [0.25, 0.3) is 5.69 Å². The number of rotatable bonds is 4. The van der Waals surface area contributed by atoms with Crippen LogP contribution in [0.3, 0.4) is 0 Å². The van der Waals surface area contributed by atoms with Gasteiger partial charge >= 0.3 is 6.18 Å². The summed E-state index contributed by atoms with van der Waals surface area (Å²) >= 11 is 0. The highest BCUT2D eigenvalue weighted by atomic mass is 19.4. The van der Waals surface area contributed by atoms with Crippen LogP contribution in [-0.4, -0.2) is 26.8 Å². The number of hydrazine groups is 1. The highest BCUT2D eigenvalue weighted by Gasteiger charge is 2.34. The summed E-state index contributed by atoms with van der Waals surface area (Å²) in [7, 11) is 0. The molecule has 0 atom stereocenters. The van der Waals surface area contributed by atoms with Crippen LogP contribution in [0.5, 0.6) is 0 Å². The maximum atomic E-state index is 13.1. The molecule has 2 aromatic carbocycles. The molecule has 0 aliphatic rings. The Morgan fingerprint density at radius 1 is 1.00 bits per heavy atom. The second-order valence-corrected chi connectivity index (χ2v) is 5.87. The minimum absolute atomic E-state index is 0.119. The lowest BCUT2D eigenvalue weighted by Gasteiger charge is -2.11. The zero-order chi connectivity index (χ0) is 21.0. The van der Waals surface area contributed by atoms with Gasteiger partial charge in [0.2, 0.25) is 5.91 Å². The van der Waals surface area contributed by atoms with Gasteiger partial charge in [0.25, 0.3) is 5.91 Å². The lowest BCUT2D eigenvalue weighted by atomic mass is 10.1. The summed E-state index contributed by atoms with van der Waals surface area (Å²) < 4.78 is 53.0. The fraction of sp³-hybridized carbons (Fsp3) is 0.111. The summed E-state index contributed by atoms with van der Waals surface area (Å²) in [4.78, 5) is 23.9. The van der Waals surface area contributed by atoms with E-state index in [2.05, 4.69) is 21.2 Å². The molecule has 0 unspecified atom stereocenters. The normalized spacial score (nSPS) is 11.2. The number of carbonyl (C=O) groups excluding carboxylic acids is 2. The van der Waals surface area contributed by atoms with Gasteiger partial charge in [0.1, 0.15) is 5.82 Å². The number of aromatic nitrogens is 3. The smallest absolute Gasteiger partial charge is 0.273 e. The average Bonchev–Trinajstić information content (AvgIpc) is 3.17. The molecule has 29 heavy (non-hydrogen) atoms. The van der Waals surface area contributed by atoms with Crippen molar-refractivity contribution >= 4 is 11.8 Å². The zero-order valence-electron chi connectivity index (χ0n) is 14.6. The van der Waals surface area contributed by atoms with E-state index in [1.54, 1.807) is 0 Å². The molecule has 0 fully saturated rings. The minimum Gasteiger partial charge on any atom is -0.273 e. The van der Waals surface area contributed by atoms with Crippen molar-refractivity contribution in [3.05, 3.63) is 77.4 Å². The first-order valence-corrected chi connectivity index (χ1v) is 8.16. The van der Waals surface area contributed by atoms with Crippen molar-refractivity contribution in [2.45, 2.75) is 12.6 Å². The van der Waals surface area contributed by atoms with E-state index in [1.165, 1.54) is 42.5 Å². The van der Waals surface area contributed by atoms with E-state index in [1.807, 2.05) is 0 Å². The molecular formula is C18H13F4N5O2. The zero-order valence-corrected chi connectivity index (χ0v) is 14.6. The van der Waals surface area contributed by atoms with Crippen molar-refractivity contribution in [1.82, 2.24) is 25.8 Å². The molecule has 0 radical (unpaired) electrons. The first kappa shape index (κ1) is 20.0. The molecular weight excluding hydrogens is 394 g/mol. The topological polar surface area (TPSA) is 88.9 Å². The van der Waals surface area contributed by atoms with Crippen LogP contribution < -0.4 is 10.9 Å². The number of para-hydroxylation sites is 1. The summed E-state index contributed by atoms with van der Waals surface area (Å²) in [6, 6.07) is 9.91. The molecule has 3 rings (SSSR count).